The zero-order chi connectivity index (χ0) is 25.3. The molecule has 0 saturated heterocycles. The summed E-state index contributed by atoms with van der Waals surface area (Å²) < 4.78 is 7.77. The minimum atomic E-state index is 0.545. The van der Waals surface area contributed by atoms with Crippen molar-refractivity contribution in [3.63, 3.8) is 0 Å². The van der Waals surface area contributed by atoms with Gasteiger partial charge in [-0.15, -0.1) is 0 Å². The van der Waals surface area contributed by atoms with Crippen molar-refractivity contribution < 1.29 is 4.74 Å². The molecule has 3 aromatic carbocycles. The first-order valence-electron chi connectivity index (χ1n) is 13.1. The molecule has 4 nitrogen and oxygen atoms in total. The predicted molar refractivity (Wildman–Crippen MR) is 149 cm³/mol. The highest BCUT2D eigenvalue weighted by molar-refractivity contribution is 5.57. The van der Waals surface area contributed by atoms with E-state index in [9.17, 15) is 0 Å². The Hall–Kier alpha value is -3.37. The van der Waals surface area contributed by atoms with E-state index in [1.807, 2.05) is 12.1 Å². The fourth-order valence-electron chi connectivity index (χ4n) is 4.58. The molecule has 0 spiro atoms. The highest BCUT2D eigenvalue weighted by Gasteiger charge is 2.16. The molecule has 4 aromatic rings. The minimum absolute atomic E-state index is 0.545. The number of hydrogen-bond acceptors (Lipinski definition) is 3. The van der Waals surface area contributed by atoms with Gasteiger partial charge in [-0.05, 0) is 53.3 Å². The molecular weight excluding hydrogens is 442 g/mol. The molecule has 0 amide bonds. The van der Waals surface area contributed by atoms with Crippen molar-refractivity contribution in [2.75, 3.05) is 7.11 Å². The summed E-state index contributed by atoms with van der Waals surface area (Å²) in [7, 11) is 1.70. The summed E-state index contributed by atoms with van der Waals surface area (Å²) in [6.07, 6.45) is 4.34. The third kappa shape index (κ3) is 6.64. The monoisotopic (exact) mass is 481 g/mol. The Morgan fingerprint density at radius 2 is 1.50 bits per heavy atom. The van der Waals surface area contributed by atoms with Crippen molar-refractivity contribution in [2.45, 2.75) is 65.7 Å². The fraction of sp³-hybridized carbons (Fsp3) is 0.344. The van der Waals surface area contributed by atoms with E-state index in [1.165, 1.54) is 22.4 Å². The van der Waals surface area contributed by atoms with Crippen molar-refractivity contribution >= 4 is 0 Å². The average Bonchev–Trinajstić information content (AvgIpc) is 3.30. The van der Waals surface area contributed by atoms with Gasteiger partial charge in [0.05, 0.1) is 19.0 Å². The molecule has 0 aliphatic rings. The van der Waals surface area contributed by atoms with E-state index in [2.05, 4.69) is 103 Å². The summed E-state index contributed by atoms with van der Waals surface area (Å²) in [6.45, 7) is 10.3. The van der Waals surface area contributed by atoms with E-state index in [0.717, 1.165) is 56.2 Å². The number of nitrogens with zero attached hydrogens (tertiary/aromatic N) is 3. The van der Waals surface area contributed by atoms with Crippen LogP contribution in [0.15, 0.2) is 85.1 Å². The second kappa shape index (κ2) is 12.5. The third-order valence-corrected chi connectivity index (χ3v) is 6.71. The van der Waals surface area contributed by atoms with Crippen molar-refractivity contribution in [3.05, 3.63) is 107 Å². The zero-order valence-electron chi connectivity index (χ0n) is 22.2. The first-order valence-corrected chi connectivity index (χ1v) is 13.1. The van der Waals surface area contributed by atoms with Crippen LogP contribution in [0.25, 0.3) is 11.4 Å². The van der Waals surface area contributed by atoms with Crippen LogP contribution in [-0.4, -0.2) is 21.6 Å². The quantitative estimate of drug-likeness (QED) is 0.208. The van der Waals surface area contributed by atoms with Crippen LogP contribution in [0.2, 0.25) is 0 Å². The largest absolute Gasteiger partial charge is 0.497 e. The molecule has 0 saturated carbocycles. The topological polar surface area (TPSA) is 30.3 Å². The van der Waals surface area contributed by atoms with Crippen LogP contribution in [0, 0.1) is 0 Å². The number of unbranched alkanes of at least 4 members (excludes halogenated alkanes) is 1. The smallest absolute Gasteiger partial charge is 0.140 e. The molecular formula is C32H39N3O. The maximum Gasteiger partial charge on any atom is 0.140 e. The van der Waals surface area contributed by atoms with Crippen molar-refractivity contribution in [1.29, 1.82) is 0 Å². The number of benzene rings is 3. The van der Waals surface area contributed by atoms with E-state index in [-0.39, 0.29) is 0 Å². The number of hydrogen-bond donors (Lipinski definition) is 0. The summed E-state index contributed by atoms with van der Waals surface area (Å²) in [5.74, 6) is 2.44. The number of ether oxygens (including phenoxy) is 1. The van der Waals surface area contributed by atoms with Gasteiger partial charge in [0, 0.05) is 31.7 Å². The van der Waals surface area contributed by atoms with Gasteiger partial charge in [0.2, 0.25) is 0 Å². The third-order valence-electron chi connectivity index (χ3n) is 6.71. The van der Waals surface area contributed by atoms with Crippen LogP contribution in [0.3, 0.4) is 0 Å². The van der Waals surface area contributed by atoms with Gasteiger partial charge < -0.3 is 9.30 Å². The Morgan fingerprint density at radius 1 is 0.833 bits per heavy atom. The van der Waals surface area contributed by atoms with Gasteiger partial charge in [-0.3, -0.25) is 4.90 Å². The van der Waals surface area contributed by atoms with Gasteiger partial charge in [0.25, 0.3) is 0 Å². The Balaban J connectivity index is 1.62. The van der Waals surface area contributed by atoms with E-state index in [4.69, 9.17) is 9.72 Å². The molecule has 0 atom stereocenters. The Bertz CT molecular complexity index is 1190. The molecule has 0 fully saturated rings. The average molecular weight is 482 g/mol. The summed E-state index contributed by atoms with van der Waals surface area (Å²) in [6, 6.07) is 28.1. The number of methoxy groups -OCH3 is 1. The normalized spacial score (nSPS) is 11.4. The maximum absolute atomic E-state index is 5.36. The van der Waals surface area contributed by atoms with E-state index in [0.29, 0.717) is 5.92 Å². The summed E-state index contributed by atoms with van der Waals surface area (Å²) in [4.78, 5) is 7.41. The summed E-state index contributed by atoms with van der Waals surface area (Å²) >= 11 is 0. The van der Waals surface area contributed by atoms with Crippen LogP contribution < -0.4 is 4.74 Å². The lowest BCUT2D eigenvalue weighted by molar-refractivity contribution is 0.241. The fourth-order valence-corrected chi connectivity index (χ4v) is 4.58. The molecule has 0 unspecified atom stereocenters. The first-order chi connectivity index (χ1) is 17.6. The van der Waals surface area contributed by atoms with Crippen molar-refractivity contribution in [3.8, 4) is 17.1 Å². The van der Waals surface area contributed by atoms with E-state index >= 15 is 0 Å². The van der Waals surface area contributed by atoms with Gasteiger partial charge in [0.15, 0.2) is 0 Å². The van der Waals surface area contributed by atoms with Gasteiger partial charge in [-0.1, -0.05) is 81.8 Å². The maximum atomic E-state index is 5.36. The molecule has 0 aliphatic heterocycles. The predicted octanol–water partition coefficient (Wildman–Crippen LogP) is 7.68. The lowest BCUT2D eigenvalue weighted by Crippen LogP contribution is -2.24. The second-order valence-corrected chi connectivity index (χ2v) is 9.83. The number of rotatable bonds is 12. The Kier molecular flexibility index (Phi) is 8.96. The highest BCUT2D eigenvalue weighted by Crippen LogP contribution is 2.25. The van der Waals surface area contributed by atoms with Crippen LogP contribution >= 0.6 is 0 Å². The standard InChI is InChI=1S/C32H39N3O/c1-5-6-20-35-30(21-33-32(35)29-16-18-31(36-4)19-17-29)24-34(22-26-10-8-7-9-11-26)23-27-12-14-28(15-13-27)25(2)3/h7-19,21,25H,5-6,20,22-24H2,1-4H3. The van der Waals surface area contributed by atoms with Crippen molar-refractivity contribution in [1.82, 2.24) is 14.5 Å². The molecule has 4 rings (SSSR count). The molecule has 0 radical (unpaired) electrons. The summed E-state index contributed by atoms with van der Waals surface area (Å²) in [5, 5.41) is 0. The first kappa shape index (κ1) is 25.7. The molecule has 0 N–H and O–H groups in total. The molecule has 36 heavy (non-hydrogen) atoms. The van der Waals surface area contributed by atoms with Crippen LogP contribution in [0.4, 0.5) is 0 Å². The van der Waals surface area contributed by atoms with Gasteiger partial charge in [0.1, 0.15) is 11.6 Å². The Morgan fingerprint density at radius 3 is 2.11 bits per heavy atom. The lowest BCUT2D eigenvalue weighted by Gasteiger charge is -2.24. The SMILES string of the molecule is CCCCn1c(CN(Cc2ccccc2)Cc2ccc(C(C)C)cc2)cnc1-c1ccc(OC)cc1. The molecule has 0 bridgehead atoms. The molecule has 4 heteroatoms. The van der Waals surface area contributed by atoms with Gasteiger partial charge in [-0.2, -0.15) is 0 Å². The molecule has 1 aromatic heterocycles. The molecule has 188 valence electrons. The highest BCUT2D eigenvalue weighted by atomic mass is 16.5. The second-order valence-electron chi connectivity index (χ2n) is 9.83. The van der Waals surface area contributed by atoms with Crippen LogP contribution in [0.5, 0.6) is 5.75 Å². The summed E-state index contributed by atoms with van der Waals surface area (Å²) in [5.41, 5.74) is 6.42. The molecule has 1 heterocycles. The number of aromatic nitrogens is 2. The van der Waals surface area contributed by atoms with E-state index < -0.39 is 0 Å². The lowest BCUT2D eigenvalue weighted by atomic mass is 10.0. The Labute approximate surface area is 216 Å². The van der Waals surface area contributed by atoms with E-state index in [1.54, 1.807) is 7.11 Å². The zero-order valence-corrected chi connectivity index (χ0v) is 22.2. The number of imidazole rings is 1. The van der Waals surface area contributed by atoms with Crippen LogP contribution in [-0.2, 0) is 26.2 Å². The van der Waals surface area contributed by atoms with Gasteiger partial charge >= 0.3 is 0 Å². The minimum Gasteiger partial charge on any atom is -0.497 e. The van der Waals surface area contributed by atoms with Gasteiger partial charge in [-0.25, -0.2) is 4.98 Å². The molecule has 0 aliphatic carbocycles. The van der Waals surface area contributed by atoms with Crippen LogP contribution in [0.1, 0.15) is 61.9 Å². The van der Waals surface area contributed by atoms with Crippen molar-refractivity contribution in [2.24, 2.45) is 0 Å².